The van der Waals surface area contributed by atoms with E-state index in [1.807, 2.05) is 19.1 Å². The van der Waals surface area contributed by atoms with E-state index in [9.17, 15) is 4.79 Å². The number of nitrogens with zero attached hydrogens (tertiary/aromatic N) is 1. The number of amides is 1. The van der Waals surface area contributed by atoms with Crippen molar-refractivity contribution >= 4 is 17.5 Å². The van der Waals surface area contributed by atoms with E-state index in [4.69, 9.17) is 17.3 Å². The molecule has 16 heavy (non-hydrogen) atoms. The van der Waals surface area contributed by atoms with Crippen molar-refractivity contribution in [3.63, 3.8) is 0 Å². The highest BCUT2D eigenvalue weighted by Crippen LogP contribution is 2.23. The Bertz CT molecular complexity index is 419. The summed E-state index contributed by atoms with van der Waals surface area (Å²) in [5.74, 6) is -0.0124. The molecule has 3 nitrogen and oxygen atoms in total. The largest absolute Gasteiger partial charge is 0.337 e. The molecule has 2 rings (SSSR count). The molecule has 0 bridgehead atoms. The van der Waals surface area contributed by atoms with Gasteiger partial charge in [0.1, 0.15) is 0 Å². The fourth-order valence-electron chi connectivity index (χ4n) is 1.95. The van der Waals surface area contributed by atoms with Gasteiger partial charge in [-0.2, -0.15) is 0 Å². The number of halogens is 1. The molecule has 1 saturated heterocycles. The zero-order valence-electron chi connectivity index (χ0n) is 9.24. The first-order chi connectivity index (χ1) is 7.59. The maximum Gasteiger partial charge on any atom is 0.255 e. The SMILES string of the molecule is Cc1cccc(C(=O)N2CCC(N)C2)c1Cl. The summed E-state index contributed by atoms with van der Waals surface area (Å²) in [6.07, 6.45) is 0.870. The van der Waals surface area contributed by atoms with Gasteiger partial charge >= 0.3 is 0 Å². The van der Waals surface area contributed by atoms with Crippen molar-refractivity contribution in [2.45, 2.75) is 19.4 Å². The van der Waals surface area contributed by atoms with Gasteiger partial charge < -0.3 is 10.6 Å². The van der Waals surface area contributed by atoms with Gasteiger partial charge in [0.15, 0.2) is 0 Å². The van der Waals surface area contributed by atoms with Crippen LogP contribution in [-0.4, -0.2) is 29.9 Å². The summed E-state index contributed by atoms with van der Waals surface area (Å²) in [5.41, 5.74) is 7.29. The van der Waals surface area contributed by atoms with Crippen LogP contribution < -0.4 is 5.73 Å². The molecule has 1 aromatic rings. The van der Waals surface area contributed by atoms with Crippen LogP contribution in [0.1, 0.15) is 22.3 Å². The van der Waals surface area contributed by atoms with Crippen molar-refractivity contribution in [1.29, 1.82) is 0 Å². The van der Waals surface area contributed by atoms with Crippen LogP contribution in [0.2, 0.25) is 5.02 Å². The Labute approximate surface area is 100 Å². The lowest BCUT2D eigenvalue weighted by Gasteiger charge is -2.17. The molecule has 1 atom stereocenters. The first kappa shape index (κ1) is 11.4. The number of carbonyl (C=O) groups is 1. The van der Waals surface area contributed by atoms with E-state index in [0.717, 1.165) is 18.5 Å². The third-order valence-corrected chi connectivity index (χ3v) is 3.44. The van der Waals surface area contributed by atoms with Gasteiger partial charge in [-0.3, -0.25) is 4.79 Å². The molecule has 0 saturated carbocycles. The van der Waals surface area contributed by atoms with Crippen LogP contribution in [-0.2, 0) is 0 Å². The Morgan fingerprint density at radius 2 is 2.31 bits per heavy atom. The molecule has 1 aliphatic rings. The third-order valence-electron chi connectivity index (χ3n) is 2.93. The lowest BCUT2D eigenvalue weighted by Crippen LogP contribution is -2.32. The van der Waals surface area contributed by atoms with Gasteiger partial charge in [-0.15, -0.1) is 0 Å². The molecule has 1 fully saturated rings. The van der Waals surface area contributed by atoms with Gasteiger partial charge in [0.25, 0.3) is 5.91 Å². The second-order valence-corrected chi connectivity index (χ2v) is 4.61. The van der Waals surface area contributed by atoms with Gasteiger partial charge in [0.05, 0.1) is 10.6 Å². The average Bonchev–Trinajstić information content (AvgIpc) is 2.68. The summed E-state index contributed by atoms with van der Waals surface area (Å²) in [6, 6.07) is 5.62. The van der Waals surface area contributed by atoms with Crippen molar-refractivity contribution in [2.24, 2.45) is 5.73 Å². The highest BCUT2D eigenvalue weighted by molar-refractivity contribution is 6.34. The number of hydrogen-bond acceptors (Lipinski definition) is 2. The molecule has 1 amide bonds. The Morgan fingerprint density at radius 1 is 1.56 bits per heavy atom. The van der Waals surface area contributed by atoms with Crippen LogP contribution in [0.15, 0.2) is 18.2 Å². The zero-order valence-corrected chi connectivity index (χ0v) is 10.00. The van der Waals surface area contributed by atoms with Crippen LogP contribution in [0.4, 0.5) is 0 Å². The molecule has 0 aromatic heterocycles. The van der Waals surface area contributed by atoms with Gasteiger partial charge in [-0.05, 0) is 25.0 Å². The Hall–Kier alpha value is -1.06. The monoisotopic (exact) mass is 238 g/mol. The van der Waals surface area contributed by atoms with Crippen LogP contribution >= 0.6 is 11.6 Å². The van der Waals surface area contributed by atoms with E-state index in [2.05, 4.69) is 0 Å². The molecule has 0 spiro atoms. The van der Waals surface area contributed by atoms with Gasteiger partial charge in [0.2, 0.25) is 0 Å². The molecule has 86 valence electrons. The lowest BCUT2D eigenvalue weighted by molar-refractivity contribution is 0.0791. The minimum Gasteiger partial charge on any atom is -0.337 e. The van der Waals surface area contributed by atoms with Crippen LogP contribution in [0.25, 0.3) is 0 Å². The van der Waals surface area contributed by atoms with Crippen LogP contribution in [0, 0.1) is 6.92 Å². The molecule has 1 aromatic carbocycles. The van der Waals surface area contributed by atoms with Crippen molar-refractivity contribution in [1.82, 2.24) is 4.90 Å². The fraction of sp³-hybridized carbons (Fsp3) is 0.417. The van der Waals surface area contributed by atoms with Crippen molar-refractivity contribution in [2.75, 3.05) is 13.1 Å². The molecule has 1 heterocycles. The van der Waals surface area contributed by atoms with Gasteiger partial charge in [-0.1, -0.05) is 23.7 Å². The van der Waals surface area contributed by atoms with Crippen LogP contribution in [0.5, 0.6) is 0 Å². The highest BCUT2D eigenvalue weighted by Gasteiger charge is 2.25. The number of rotatable bonds is 1. The molecule has 1 unspecified atom stereocenters. The fourth-order valence-corrected chi connectivity index (χ4v) is 2.16. The number of benzene rings is 1. The van der Waals surface area contributed by atoms with E-state index in [0.29, 0.717) is 17.1 Å². The predicted molar refractivity (Wildman–Crippen MR) is 64.7 cm³/mol. The van der Waals surface area contributed by atoms with Crippen LogP contribution in [0.3, 0.4) is 0 Å². The van der Waals surface area contributed by atoms with Crippen molar-refractivity contribution in [3.05, 3.63) is 34.3 Å². The summed E-state index contributed by atoms with van der Waals surface area (Å²) in [5, 5.41) is 0.549. The van der Waals surface area contributed by atoms with E-state index >= 15 is 0 Å². The molecular weight excluding hydrogens is 224 g/mol. The average molecular weight is 239 g/mol. The number of likely N-dealkylation sites (tertiary alicyclic amines) is 1. The van der Waals surface area contributed by atoms with Crippen molar-refractivity contribution < 1.29 is 4.79 Å². The number of hydrogen-bond donors (Lipinski definition) is 1. The van der Waals surface area contributed by atoms with E-state index < -0.39 is 0 Å². The minimum absolute atomic E-state index is 0.0124. The molecule has 4 heteroatoms. The first-order valence-electron chi connectivity index (χ1n) is 5.39. The number of carbonyl (C=O) groups excluding carboxylic acids is 1. The molecule has 2 N–H and O–H groups in total. The predicted octanol–water partition coefficient (Wildman–Crippen LogP) is 1.82. The second kappa shape index (κ2) is 4.44. The Kier molecular flexibility index (Phi) is 3.17. The summed E-state index contributed by atoms with van der Waals surface area (Å²) in [7, 11) is 0. The standard InChI is InChI=1S/C12H15ClN2O/c1-8-3-2-4-10(11(8)13)12(16)15-6-5-9(14)7-15/h2-4,9H,5-7,14H2,1H3. The van der Waals surface area contributed by atoms with E-state index in [1.54, 1.807) is 11.0 Å². The smallest absolute Gasteiger partial charge is 0.255 e. The lowest BCUT2D eigenvalue weighted by atomic mass is 10.1. The quantitative estimate of drug-likeness (QED) is 0.811. The van der Waals surface area contributed by atoms with E-state index in [-0.39, 0.29) is 11.9 Å². The van der Waals surface area contributed by atoms with Crippen molar-refractivity contribution in [3.8, 4) is 0 Å². The molecule has 1 aliphatic heterocycles. The normalized spacial score (nSPS) is 20.2. The van der Waals surface area contributed by atoms with E-state index in [1.165, 1.54) is 0 Å². The molecule has 0 aliphatic carbocycles. The minimum atomic E-state index is -0.0124. The summed E-state index contributed by atoms with van der Waals surface area (Å²) < 4.78 is 0. The molecule has 0 radical (unpaired) electrons. The summed E-state index contributed by atoms with van der Waals surface area (Å²) in [4.78, 5) is 13.9. The molecular formula is C12H15ClN2O. The maximum atomic E-state index is 12.2. The number of nitrogens with two attached hydrogens (primary N) is 1. The topological polar surface area (TPSA) is 46.3 Å². The summed E-state index contributed by atoms with van der Waals surface area (Å²) in [6.45, 7) is 3.25. The maximum absolute atomic E-state index is 12.2. The second-order valence-electron chi connectivity index (χ2n) is 4.24. The van der Waals surface area contributed by atoms with Gasteiger partial charge in [-0.25, -0.2) is 0 Å². The Balaban J connectivity index is 2.24. The first-order valence-corrected chi connectivity index (χ1v) is 5.77. The highest BCUT2D eigenvalue weighted by atomic mass is 35.5. The van der Waals surface area contributed by atoms with Gasteiger partial charge in [0, 0.05) is 19.1 Å². The number of aryl methyl sites for hydroxylation is 1. The zero-order chi connectivity index (χ0) is 11.7. The Morgan fingerprint density at radius 3 is 2.94 bits per heavy atom. The summed E-state index contributed by atoms with van der Waals surface area (Å²) >= 11 is 6.12. The third kappa shape index (κ3) is 2.06.